The van der Waals surface area contributed by atoms with E-state index in [1.165, 1.54) is 22.2 Å². The van der Waals surface area contributed by atoms with Gasteiger partial charge in [0, 0.05) is 10.4 Å². The number of hydrogen-bond acceptors (Lipinski definition) is 6. The summed E-state index contributed by atoms with van der Waals surface area (Å²) in [6, 6.07) is 5.07. The van der Waals surface area contributed by atoms with Crippen LogP contribution in [0.15, 0.2) is 29.3 Å². The van der Waals surface area contributed by atoms with Crippen molar-refractivity contribution in [1.29, 1.82) is 0 Å². The van der Waals surface area contributed by atoms with E-state index < -0.39 is 0 Å². The quantitative estimate of drug-likeness (QED) is 0.675. The number of ketones is 1. The lowest BCUT2D eigenvalue weighted by Gasteiger charge is -2.18. The molecule has 0 saturated heterocycles. The van der Waals surface area contributed by atoms with Crippen molar-refractivity contribution in [2.45, 2.75) is 20.4 Å². The van der Waals surface area contributed by atoms with Gasteiger partial charge in [-0.25, -0.2) is 4.98 Å². The predicted octanol–water partition coefficient (Wildman–Crippen LogP) is 2.73. The van der Waals surface area contributed by atoms with Gasteiger partial charge in [-0.1, -0.05) is 0 Å². The Kier molecular flexibility index (Phi) is 3.80. The fraction of sp³-hybridized carbons (Fsp3) is 0.278. The van der Waals surface area contributed by atoms with E-state index in [9.17, 15) is 9.59 Å². The Morgan fingerprint density at radius 3 is 2.80 bits per heavy atom. The molecule has 128 valence electrons. The first kappa shape index (κ1) is 15.8. The van der Waals surface area contributed by atoms with Crippen LogP contribution >= 0.6 is 11.3 Å². The van der Waals surface area contributed by atoms with Crippen LogP contribution in [0.2, 0.25) is 0 Å². The molecule has 4 rings (SSSR count). The molecule has 1 aromatic carbocycles. The molecule has 3 aromatic rings. The lowest BCUT2D eigenvalue weighted by Crippen LogP contribution is -2.24. The monoisotopic (exact) mass is 356 g/mol. The van der Waals surface area contributed by atoms with Gasteiger partial charge in [-0.05, 0) is 37.6 Å². The van der Waals surface area contributed by atoms with Crippen LogP contribution in [0.25, 0.3) is 10.2 Å². The molecule has 0 atom stereocenters. The second-order valence-corrected chi connectivity index (χ2v) is 7.13. The molecule has 0 fully saturated rings. The molecule has 0 aliphatic carbocycles. The lowest BCUT2D eigenvalue weighted by atomic mass is 10.1. The van der Waals surface area contributed by atoms with Crippen LogP contribution in [0.3, 0.4) is 0 Å². The highest BCUT2D eigenvalue weighted by Gasteiger charge is 2.17. The maximum absolute atomic E-state index is 12.7. The van der Waals surface area contributed by atoms with Crippen molar-refractivity contribution in [3.8, 4) is 11.5 Å². The van der Waals surface area contributed by atoms with Gasteiger partial charge in [-0.15, -0.1) is 11.3 Å². The van der Waals surface area contributed by atoms with Gasteiger partial charge in [0.05, 0.1) is 18.3 Å². The van der Waals surface area contributed by atoms with Gasteiger partial charge < -0.3 is 9.47 Å². The fourth-order valence-corrected chi connectivity index (χ4v) is 3.83. The molecule has 6 nitrogen and oxygen atoms in total. The van der Waals surface area contributed by atoms with Gasteiger partial charge >= 0.3 is 0 Å². The summed E-state index contributed by atoms with van der Waals surface area (Å²) in [6.07, 6.45) is 1.44. The summed E-state index contributed by atoms with van der Waals surface area (Å²) in [5, 5.41) is 0.597. The third-order valence-electron chi connectivity index (χ3n) is 4.33. The minimum atomic E-state index is -0.183. The summed E-state index contributed by atoms with van der Waals surface area (Å²) >= 11 is 1.49. The van der Waals surface area contributed by atoms with Crippen LogP contribution in [0.4, 0.5) is 0 Å². The van der Waals surface area contributed by atoms with Crippen molar-refractivity contribution in [3.05, 3.63) is 50.9 Å². The average molecular weight is 356 g/mol. The standard InChI is InChI=1S/C18H16N2O4S/c1-10-11(2)25-17-16(10)18(22)20(9-19-17)8-13(21)12-3-4-14-15(7-12)24-6-5-23-14/h3-4,7,9H,5-6,8H2,1-2H3. The number of nitrogens with zero attached hydrogens (tertiary/aromatic N) is 2. The van der Waals surface area contributed by atoms with E-state index >= 15 is 0 Å². The Morgan fingerprint density at radius 1 is 1.24 bits per heavy atom. The number of thiophene rings is 1. The van der Waals surface area contributed by atoms with E-state index in [1.54, 1.807) is 18.2 Å². The van der Waals surface area contributed by atoms with E-state index in [0.29, 0.717) is 40.5 Å². The third-order valence-corrected chi connectivity index (χ3v) is 5.45. The molecule has 0 bridgehead atoms. The van der Waals surface area contributed by atoms with Crippen molar-refractivity contribution in [3.63, 3.8) is 0 Å². The molecule has 0 radical (unpaired) electrons. The molecule has 0 saturated carbocycles. The minimum absolute atomic E-state index is 0.0598. The number of ether oxygens (including phenoxy) is 2. The molecule has 1 aliphatic heterocycles. The average Bonchev–Trinajstić information content (AvgIpc) is 2.92. The maximum atomic E-state index is 12.7. The van der Waals surface area contributed by atoms with E-state index in [1.807, 2.05) is 13.8 Å². The SMILES string of the molecule is Cc1sc2ncn(CC(=O)c3ccc4c(c3)OCCO4)c(=O)c2c1C. The van der Waals surface area contributed by atoms with E-state index in [2.05, 4.69) is 4.98 Å². The molecule has 25 heavy (non-hydrogen) atoms. The van der Waals surface area contributed by atoms with Gasteiger partial charge in [-0.3, -0.25) is 14.2 Å². The molecule has 0 unspecified atom stereocenters. The van der Waals surface area contributed by atoms with Crippen molar-refractivity contribution in [1.82, 2.24) is 9.55 Å². The topological polar surface area (TPSA) is 70.4 Å². The summed E-state index contributed by atoms with van der Waals surface area (Å²) in [5.41, 5.74) is 1.23. The Labute approximate surface area is 147 Å². The molecule has 0 N–H and O–H groups in total. The van der Waals surface area contributed by atoms with Crippen LogP contribution < -0.4 is 15.0 Å². The second-order valence-electron chi connectivity index (χ2n) is 5.92. The number of fused-ring (bicyclic) bond motifs is 2. The van der Waals surface area contributed by atoms with Crippen LogP contribution in [-0.4, -0.2) is 28.5 Å². The van der Waals surface area contributed by atoms with Gasteiger partial charge in [0.2, 0.25) is 0 Å². The molecule has 0 spiro atoms. The number of Topliss-reactive ketones (excluding diaryl/α,β-unsaturated/α-hetero) is 1. The zero-order chi connectivity index (χ0) is 17.6. The number of carbonyl (C=O) groups excluding carboxylic acids is 1. The van der Waals surface area contributed by atoms with Gasteiger partial charge in [0.25, 0.3) is 5.56 Å². The van der Waals surface area contributed by atoms with Crippen LogP contribution in [-0.2, 0) is 6.54 Å². The first-order chi connectivity index (χ1) is 12.0. The number of rotatable bonds is 3. The zero-order valence-corrected chi connectivity index (χ0v) is 14.7. The van der Waals surface area contributed by atoms with E-state index in [0.717, 1.165) is 10.4 Å². The number of hydrogen-bond donors (Lipinski definition) is 0. The Balaban J connectivity index is 1.67. The summed E-state index contributed by atoms with van der Waals surface area (Å²) in [6.45, 7) is 4.77. The second kappa shape index (κ2) is 6.00. The van der Waals surface area contributed by atoms with Crippen molar-refractivity contribution >= 4 is 27.3 Å². The Bertz CT molecular complexity index is 1050. The van der Waals surface area contributed by atoms with Crippen LogP contribution in [0.1, 0.15) is 20.8 Å². The Morgan fingerprint density at radius 2 is 2.00 bits per heavy atom. The molecular weight excluding hydrogens is 340 g/mol. The molecule has 3 heterocycles. The van der Waals surface area contributed by atoms with Gasteiger partial charge in [0.1, 0.15) is 18.0 Å². The smallest absolute Gasteiger partial charge is 0.262 e. The minimum Gasteiger partial charge on any atom is -0.486 e. The number of aryl methyl sites for hydroxylation is 2. The Hall–Kier alpha value is -2.67. The molecule has 0 amide bonds. The maximum Gasteiger partial charge on any atom is 0.262 e. The summed E-state index contributed by atoms with van der Waals surface area (Å²) in [4.78, 5) is 31.4. The zero-order valence-electron chi connectivity index (χ0n) is 13.9. The van der Waals surface area contributed by atoms with E-state index in [4.69, 9.17) is 9.47 Å². The predicted molar refractivity (Wildman–Crippen MR) is 95.1 cm³/mol. The highest BCUT2D eigenvalue weighted by Crippen LogP contribution is 2.31. The molecular formula is C18H16N2O4S. The summed E-state index contributed by atoms with van der Waals surface area (Å²) in [7, 11) is 0. The summed E-state index contributed by atoms with van der Waals surface area (Å²) < 4.78 is 12.3. The van der Waals surface area contributed by atoms with Gasteiger partial charge in [0.15, 0.2) is 17.3 Å². The van der Waals surface area contributed by atoms with Crippen molar-refractivity contribution in [2.24, 2.45) is 0 Å². The van der Waals surface area contributed by atoms with Crippen LogP contribution in [0, 0.1) is 13.8 Å². The number of carbonyl (C=O) groups is 1. The van der Waals surface area contributed by atoms with Gasteiger partial charge in [-0.2, -0.15) is 0 Å². The van der Waals surface area contributed by atoms with Crippen molar-refractivity contribution in [2.75, 3.05) is 13.2 Å². The summed E-state index contributed by atoms with van der Waals surface area (Å²) in [5.74, 6) is 1.01. The molecule has 1 aliphatic rings. The van der Waals surface area contributed by atoms with Crippen molar-refractivity contribution < 1.29 is 14.3 Å². The highest BCUT2D eigenvalue weighted by molar-refractivity contribution is 7.18. The normalized spacial score (nSPS) is 13.2. The fourth-order valence-electron chi connectivity index (χ4n) is 2.85. The van der Waals surface area contributed by atoms with Crippen LogP contribution in [0.5, 0.6) is 11.5 Å². The lowest BCUT2D eigenvalue weighted by molar-refractivity contribution is 0.0969. The highest BCUT2D eigenvalue weighted by atomic mass is 32.1. The molecule has 2 aromatic heterocycles. The first-order valence-corrected chi connectivity index (χ1v) is 8.74. The third kappa shape index (κ3) is 2.70. The first-order valence-electron chi connectivity index (χ1n) is 7.92. The molecule has 7 heteroatoms. The number of aromatic nitrogens is 2. The largest absolute Gasteiger partial charge is 0.486 e. The number of benzene rings is 1. The van der Waals surface area contributed by atoms with E-state index in [-0.39, 0.29) is 17.9 Å².